The first-order valence-corrected chi connectivity index (χ1v) is 11.9. The number of fused-ring (bicyclic) bond motifs is 2. The van der Waals surface area contributed by atoms with Gasteiger partial charge in [-0.15, -0.1) is 0 Å². The lowest BCUT2D eigenvalue weighted by Crippen LogP contribution is -2.27. The van der Waals surface area contributed by atoms with E-state index in [-0.39, 0.29) is 5.91 Å². The lowest BCUT2D eigenvalue weighted by atomic mass is 9.95. The minimum absolute atomic E-state index is 0.0782. The summed E-state index contributed by atoms with van der Waals surface area (Å²) in [6, 6.07) is 7.84. The number of anilines is 1. The van der Waals surface area contributed by atoms with Crippen molar-refractivity contribution < 1.29 is 4.79 Å². The van der Waals surface area contributed by atoms with Crippen molar-refractivity contribution in [2.24, 2.45) is 5.41 Å². The second-order valence-electron chi connectivity index (χ2n) is 10.1. The predicted molar refractivity (Wildman–Crippen MR) is 142 cm³/mol. The third kappa shape index (κ3) is 4.12. The van der Waals surface area contributed by atoms with Crippen molar-refractivity contribution in [3.63, 3.8) is 0 Å². The SMILES string of the molecule is Cc1cn(-c2nccc3[nH]c(-c4n[nH]c5cnc(-c6cncc(NC(=O)C(C)(C)C)c6)cc45)cc23)cn1. The first kappa shape index (κ1) is 22.6. The zero-order valence-electron chi connectivity index (χ0n) is 20.9. The molecule has 0 bridgehead atoms. The van der Waals surface area contributed by atoms with Crippen LogP contribution in [0.15, 0.2) is 61.6 Å². The Morgan fingerprint density at radius 3 is 2.65 bits per heavy atom. The maximum atomic E-state index is 12.4. The molecule has 3 N–H and O–H groups in total. The zero-order valence-corrected chi connectivity index (χ0v) is 20.9. The van der Waals surface area contributed by atoms with Gasteiger partial charge in [0, 0.05) is 40.3 Å². The Hall–Kier alpha value is -4.86. The molecule has 0 saturated carbocycles. The van der Waals surface area contributed by atoms with E-state index in [4.69, 9.17) is 0 Å². The average molecular weight is 492 g/mol. The second kappa shape index (κ2) is 8.37. The topological polar surface area (TPSA) is 130 Å². The van der Waals surface area contributed by atoms with E-state index in [9.17, 15) is 4.79 Å². The number of nitrogens with zero attached hydrogens (tertiary/aromatic N) is 6. The van der Waals surface area contributed by atoms with Gasteiger partial charge in [-0.2, -0.15) is 5.10 Å². The largest absolute Gasteiger partial charge is 0.353 e. The first-order valence-electron chi connectivity index (χ1n) is 11.9. The molecule has 0 aliphatic rings. The van der Waals surface area contributed by atoms with Gasteiger partial charge in [0.15, 0.2) is 0 Å². The van der Waals surface area contributed by atoms with Gasteiger partial charge in [-0.05, 0) is 31.2 Å². The number of aryl methyl sites for hydroxylation is 1. The van der Waals surface area contributed by atoms with E-state index >= 15 is 0 Å². The fourth-order valence-electron chi connectivity index (χ4n) is 4.16. The van der Waals surface area contributed by atoms with Crippen LogP contribution in [0.5, 0.6) is 0 Å². The summed E-state index contributed by atoms with van der Waals surface area (Å²) in [5.41, 5.74) is 5.93. The fourth-order valence-corrected chi connectivity index (χ4v) is 4.16. The fraction of sp³-hybridized carbons (Fsp3) is 0.185. The molecule has 184 valence electrons. The Morgan fingerprint density at radius 2 is 1.86 bits per heavy atom. The van der Waals surface area contributed by atoms with E-state index in [0.29, 0.717) is 5.69 Å². The van der Waals surface area contributed by atoms with E-state index < -0.39 is 5.41 Å². The van der Waals surface area contributed by atoms with Crippen LogP contribution in [0.2, 0.25) is 0 Å². The van der Waals surface area contributed by atoms with Crippen LogP contribution in [0.25, 0.3) is 50.3 Å². The van der Waals surface area contributed by atoms with Gasteiger partial charge in [-0.3, -0.25) is 24.4 Å². The predicted octanol–water partition coefficient (Wildman–Crippen LogP) is 5.04. The van der Waals surface area contributed by atoms with Crippen molar-refractivity contribution in [2.75, 3.05) is 5.32 Å². The molecule has 10 nitrogen and oxygen atoms in total. The van der Waals surface area contributed by atoms with Crippen LogP contribution in [0.4, 0.5) is 5.69 Å². The first-order chi connectivity index (χ1) is 17.8. The number of H-pyrrole nitrogens is 2. The lowest BCUT2D eigenvalue weighted by molar-refractivity contribution is -0.123. The van der Waals surface area contributed by atoms with Crippen molar-refractivity contribution in [3.8, 4) is 28.5 Å². The van der Waals surface area contributed by atoms with Crippen molar-refractivity contribution in [1.29, 1.82) is 0 Å². The number of nitrogens with one attached hydrogen (secondary N) is 3. The van der Waals surface area contributed by atoms with E-state index in [1.54, 1.807) is 31.1 Å². The molecule has 0 atom stereocenters. The molecule has 6 aromatic rings. The van der Waals surface area contributed by atoms with E-state index in [1.165, 1.54) is 0 Å². The summed E-state index contributed by atoms with van der Waals surface area (Å²) < 4.78 is 1.92. The molecule has 1 amide bonds. The van der Waals surface area contributed by atoms with Crippen LogP contribution in [0.1, 0.15) is 26.5 Å². The molecule has 0 radical (unpaired) electrons. The maximum absolute atomic E-state index is 12.4. The van der Waals surface area contributed by atoms with Gasteiger partial charge in [-0.1, -0.05) is 20.8 Å². The number of pyridine rings is 3. The number of rotatable bonds is 4. The summed E-state index contributed by atoms with van der Waals surface area (Å²) in [6.07, 6.45) is 10.6. The number of hydrogen-bond acceptors (Lipinski definition) is 6. The second-order valence-corrected chi connectivity index (χ2v) is 10.1. The summed E-state index contributed by atoms with van der Waals surface area (Å²) in [4.78, 5) is 33.7. The van der Waals surface area contributed by atoms with Gasteiger partial charge in [0.2, 0.25) is 5.91 Å². The lowest BCUT2D eigenvalue weighted by Gasteiger charge is -2.17. The molecule has 37 heavy (non-hydrogen) atoms. The number of hydrogen-bond donors (Lipinski definition) is 3. The quantitative estimate of drug-likeness (QED) is 0.317. The highest BCUT2D eigenvalue weighted by molar-refractivity contribution is 5.98. The molecule has 0 spiro atoms. The third-order valence-electron chi connectivity index (χ3n) is 6.16. The van der Waals surface area contributed by atoms with Crippen molar-refractivity contribution in [3.05, 3.63) is 67.3 Å². The Bertz CT molecular complexity index is 1780. The minimum atomic E-state index is -0.509. The number of imidazole rings is 1. The van der Waals surface area contributed by atoms with Gasteiger partial charge in [0.1, 0.15) is 17.8 Å². The van der Waals surface area contributed by atoms with Crippen LogP contribution in [-0.4, -0.2) is 45.6 Å². The van der Waals surface area contributed by atoms with Crippen LogP contribution in [0.3, 0.4) is 0 Å². The zero-order chi connectivity index (χ0) is 25.7. The average Bonchev–Trinajstić information content (AvgIpc) is 3.60. The maximum Gasteiger partial charge on any atom is 0.229 e. The Morgan fingerprint density at radius 1 is 1.00 bits per heavy atom. The van der Waals surface area contributed by atoms with Crippen molar-refractivity contribution in [1.82, 2.24) is 39.7 Å². The molecule has 6 aromatic heterocycles. The molecule has 0 aliphatic heterocycles. The Labute approximate surface area is 212 Å². The van der Waals surface area contributed by atoms with Gasteiger partial charge in [0.25, 0.3) is 0 Å². The molecule has 0 fully saturated rings. The molecule has 0 aromatic carbocycles. The van der Waals surface area contributed by atoms with Crippen LogP contribution >= 0.6 is 0 Å². The van der Waals surface area contributed by atoms with Gasteiger partial charge >= 0.3 is 0 Å². The molecule has 6 rings (SSSR count). The summed E-state index contributed by atoms with van der Waals surface area (Å²) in [5, 5.41) is 12.5. The number of carbonyl (C=O) groups excluding carboxylic acids is 1. The molecule has 0 unspecified atom stereocenters. The minimum Gasteiger partial charge on any atom is -0.353 e. The van der Waals surface area contributed by atoms with E-state index in [1.807, 2.05) is 62.7 Å². The monoisotopic (exact) mass is 491 g/mol. The smallest absolute Gasteiger partial charge is 0.229 e. The van der Waals surface area contributed by atoms with Gasteiger partial charge in [-0.25, -0.2) is 9.97 Å². The molecule has 6 heterocycles. The highest BCUT2D eigenvalue weighted by Gasteiger charge is 2.21. The highest BCUT2D eigenvalue weighted by atomic mass is 16.2. The molecule has 0 saturated heterocycles. The standard InChI is InChI=1S/C27H25N9O/c1-15-13-36(14-31-15)25-19-9-22(33-20(19)5-6-29-25)24-18-8-21(30-12-23(18)34-35-24)16-7-17(11-28-10-16)32-26(37)27(2,3)4/h5-14,33H,1-4H3,(H,32,37)(H,34,35). The van der Waals surface area contributed by atoms with Crippen molar-refractivity contribution >= 4 is 33.4 Å². The summed E-state index contributed by atoms with van der Waals surface area (Å²) in [6.45, 7) is 7.56. The highest BCUT2D eigenvalue weighted by Crippen LogP contribution is 2.32. The van der Waals surface area contributed by atoms with Crippen molar-refractivity contribution in [2.45, 2.75) is 27.7 Å². The summed E-state index contributed by atoms with van der Waals surface area (Å²) in [7, 11) is 0. The third-order valence-corrected chi connectivity index (χ3v) is 6.16. The van der Waals surface area contributed by atoms with Gasteiger partial charge in [0.05, 0.1) is 46.2 Å². The van der Waals surface area contributed by atoms with E-state index in [0.717, 1.165) is 56.0 Å². The molecular weight excluding hydrogens is 466 g/mol. The van der Waals surface area contributed by atoms with Crippen LogP contribution in [-0.2, 0) is 4.79 Å². The van der Waals surface area contributed by atoms with E-state index in [2.05, 4.69) is 40.4 Å². The molecule has 0 aliphatic carbocycles. The molecule has 10 heteroatoms. The summed E-state index contributed by atoms with van der Waals surface area (Å²) in [5.74, 6) is 0.716. The van der Waals surface area contributed by atoms with Gasteiger partial charge < -0.3 is 10.3 Å². The molecular formula is C27H25N9O. The number of aromatic amines is 2. The van der Waals surface area contributed by atoms with Crippen LogP contribution in [0, 0.1) is 12.3 Å². The normalized spacial score (nSPS) is 11.9. The number of aromatic nitrogens is 8. The Balaban J connectivity index is 1.40. The summed E-state index contributed by atoms with van der Waals surface area (Å²) >= 11 is 0. The van der Waals surface area contributed by atoms with Crippen LogP contribution < -0.4 is 5.32 Å². The number of amides is 1. The number of carbonyl (C=O) groups is 1. The Kier molecular flexibility index (Phi) is 5.11.